The minimum atomic E-state index is 0.0213. The number of nitrogens with one attached hydrogen (secondary N) is 1. The van der Waals surface area contributed by atoms with Gasteiger partial charge in [-0.25, -0.2) is 0 Å². The third-order valence-corrected chi connectivity index (χ3v) is 5.13. The van der Waals surface area contributed by atoms with E-state index < -0.39 is 0 Å². The fourth-order valence-corrected chi connectivity index (χ4v) is 3.55. The molecule has 1 amide bonds. The smallest absolute Gasteiger partial charge is 0.261 e. The van der Waals surface area contributed by atoms with Gasteiger partial charge in [-0.15, -0.1) is 11.3 Å². The van der Waals surface area contributed by atoms with E-state index in [9.17, 15) is 4.79 Å². The molecule has 0 unspecified atom stereocenters. The number of rotatable bonds is 9. The van der Waals surface area contributed by atoms with Crippen molar-refractivity contribution in [2.24, 2.45) is 0 Å². The molecule has 2 rings (SSSR count). The zero-order valence-corrected chi connectivity index (χ0v) is 15.0. The third kappa shape index (κ3) is 4.94. The molecule has 2 aromatic rings. The molecule has 0 aliphatic rings. The normalized spacial score (nSPS) is 11.1. The number of benzene rings is 1. The standard InChI is InChI=1S/C18H26N2O2S/c1-4-20(5-2)11-7-6-10-19-18(21)17-12-14-8-9-15(22-3)13-16(14)23-17/h8-9,12-13H,4-7,10-11H2,1-3H3,(H,19,21). The number of methoxy groups -OCH3 is 1. The summed E-state index contributed by atoms with van der Waals surface area (Å²) >= 11 is 1.51. The van der Waals surface area contributed by atoms with Crippen LogP contribution in [0.1, 0.15) is 36.4 Å². The highest BCUT2D eigenvalue weighted by atomic mass is 32.1. The molecule has 0 saturated heterocycles. The number of hydrogen-bond acceptors (Lipinski definition) is 4. The van der Waals surface area contributed by atoms with Crippen molar-refractivity contribution in [1.29, 1.82) is 0 Å². The van der Waals surface area contributed by atoms with Crippen LogP contribution < -0.4 is 10.1 Å². The quantitative estimate of drug-likeness (QED) is 0.710. The molecule has 0 saturated carbocycles. The maximum Gasteiger partial charge on any atom is 0.261 e. The van der Waals surface area contributed by atoms with Gasteiger partial charge in [0, 0.05) is 11.2 Å². The van der Waals surface area contributed by atoms with Gasteiger partial charge in [0.1, 0.15) is 5.75 Å². The van der Waals surface area contributed by atoms with E-state index in [0.717, 1.165) is 59.7 Å². The Bertz CT molecular complexity index is 635. The van der Waals surface area contributed by atoms with Crippen molar-refractivity contribution in [3.8, 4) is 5.75 Å². The Morgan fingerprint density at radius 3 is 2.70 bits per heavy atom. The molecule has 1 aromatic heterocycles. The van der Waals surface area contributed by atoms with E-state index in [0.29, 0.717) is 0 Å². The number of unbranched alkanes of at least 4 members (excludes halogenated alkanes) is 1. The molecule has 0 aliphatic carbocycles. The van der Waals surface area contributed by atoms with Gasteiger partial charge in [0.05, 0.1) is 12.0 Å². The summed E-state index contributed by atoms with van der Waals surface area (Å²) in [5, 5.41) is 4.11. The van der Waals surface area contributed by atoms with Gasteiger partial charge >= 0.3 is 0 Å². The highest BCUT2D eigenvalue weighted by Gasteiger charge is 2.10. The van der Waals surface area contributed by atoms with E-state index in [1.807, 2.05) is 24.3 Å². The van der Waals surface area contributed by atoms with Crippen molar-refractivity contribution in [2.75, 3.05) is 33.3 Å². The number of ether oxygens (including phenoxy) is 1. The fourth-order valence-electron chi connectivity index (χ4n) is 2.54. The van der Waals surface area contributed by atoms with Gasteiger partial charge in [-0.1, -0.05) is 13.8 Å². The van der Waals surface area contributed by atoms with Crippen LogP contribution in [0, 0.1) is 0 Å². The van der Waals surface area contributed by atoms with Gasteiger partial charge < -0.3 is 15.0 Å². The van der Waals surface area contributed by atoms with Crippen LogP contribution in [0.3, 0.4) is 0 Å². The Morgan fingerprint density at radius 2 is 2.00 bits per heavy atom. The van der Waals surface area contributed by atoms with Gasteiger partial charge in [-0.2, -0.15) is 0 Å². The second-order valence-electron chi connectivity index (χ2n) is 5.50. The number of carbonyl (C=O) groups is 1. The molecular weight excluding hydrogens is 308 g/mol. The maximum absolute atomic E-state index is 12.2. The van der Waals surface area contributed by atoms with Gasteiger partial charge in [0.25, 0.3) is 5.91 Å². The van der Waals surface area contributed by atoms with E-state index in [1.165, 1.54) is 11.3 Å². The van der Waals surface area contributed by atoms with E-state index in [2.05, 4.69) is 24.1 Å². The molecule has 0 bridgehead atoms. The minimum Gasteiger partial charge on any atom is -0.497 e. The van der Waals surface area contributed by atoms with Crippen molar-refractivity contribution < 1.29 is 9.53 Å². The van der Waals surface area contributed by atoms with Crippen LogP contribution in [0.4, 0.5) is 0 Å². The number of nitrogens with zero attached hydrogens (tertiary/aromatic N) is 1. The molecule has 23 heavy (non-hydrogen) atoms. The number of hydrogen-bond donors (Lipinski definition) is 1. The summed E-state index contributed by atoms with van der Waals surface area (Å²) in [5.41, 5.74) is 0. The van der Waals surface area contributed by atoms with Crippen LogP contribution in [-0.2, 0) is 0 Å². The number of thiophene rings is 1. The van der Waals surface area contributed by atoms with Gasteiger partial charge in [-0.3, -0.25) is 4.79 Å². The van der Waals surface area contributed by atoms with Gasteiger partial charge in [-0.05, 0) is 62.1 Å². The first-order valence-electron chi connectivity index (χ1n) is 8.26. The Labute approximate surface area is 142 Å². The molecule has 0 spiro atoms. The predicted octanol–water partition coefficient (Wildman–Crippen LogP) is 3.76. The summed E-state index contributed by atoms with van der Waals surface area (Å²) < 4.78 is 6.30. The second-order valence-corrected chi connectivity index (χ2v) is 6.59. The average Bonchev–Trinajstić information content (AvgIpc) is 3.01. The Kier molecular flexibility index (Phi) is 6.86. The largest absolute Gasteiger partial charge is 0.497 e. The summed E-state index contributed by atoms with van der Waals surface area (Å²) in [7, 11) is 1.65. The lowest BCUT2D eigenvalue weighted by molar-refractivity contribution is 0.0956. The first-order valence-corrected chi connectivity index (χ1v) is 9.07. The monoisotopic (exact) mass is 334 g/mol. The summed E-state index contributed by atoms with van der Waals surface area (Å²) in [5.74, 6) is 0.843. The van der Waals surface area contributed by atoms with Gasteiger partial charge in [0.15, 0.2) is 0 Å². The zero-order valence-electron chi connectivity index (χ0n) is 14.2. The molecule has 1 N–H and O–H groups in total. The van der Waals surface area contributed by atoms with Gasteiger partial charge in [0.2, 0.25) is 0 Å². The van der Waals surface area contributed by atoms with Crippen LogP contribution in [0.15, 0.2) is 24.3 Å². The lowest BCUT2D eigenvalue weighted by atomic mass is 10.2. The van der Waals surface area contributed by atoms with Crippen molar-refractivity contribution >= 4 is 27.3 Å². The van der Waals surface area contributed by atoms with Crippen molar-refractivity contribution in [3.05, 3.63) is 29.1 Å². The Balaban J connectivity index is 1.81. The zero-order chi connectivity index (χ0) is 16.7. The topological polar surface area (TPSA) is 41.6 Å². The third-order valence-electron chi connectivity index (χ3n) is 4.03. The second kappa shape index (κ2) is 8.89. The number of amides is 1. The van der Waals surface area contributed by atoms with Crippen LogP contribution in [0.2, 0.25) is 0 Å². The molecule has 1 aromatic carbocycles. The molecule has 126 valence electrons. The van der Waals surface area contributed by atoms with Crippen LogP contribution in [0.5, 0.6) is 5.75 Å². The maximum atomic E-state index is 12.2. The summed E-state index contributed by atoms with van der Waals surface area (Å²) in [6.07, 6.45) is 2.13. The molecule has 1 heterocycles. The van der Waals surface area contributed by atoms with E-state index >= 15 is 0 Å². The summed E-state index contributed by atoms with van der Waals surface area (Å²) in [4.78, 5) is 15.4. The van der Waals surface area contributed by atoms with Crippen LogP contribution in [-0.4, -0.2) is 44.1 Å². The first kappa shape index (κ1) is 17.8. The molecule has 0 fully saturated rings. The van der Waals surface area contributed by atoms with Crippen LogP contribution in [0.25, 0.3) is 10.1 Å². The molecule has 0 radical (unpaired) electrons. The van der Waals surface area contributed by atoms with E-state index in [1.54, 1.807) is 7.11 Å². The summed E-state index contributed by atoms with van der Waals surface area (Å²) in [6.45, 7) is 8.38. The van der Waals surface area contributed by atoms with Crippen molar-refractivity contribution in [3.63, 3.8) is 0 Å². The minimum absolute atomic E-state index is 0.0213. The Morgan fingerprint density at radius 1 is 1.22 bits per heavy atom. The average molecular weight is 334 g/mol. The number of fused-ring (bicyclic) bond motifs is 1. The van der Waals surface area contributed by atoms with Crippen molar-refractivity contribution in [1.82, 2.24) is 10.2 Å². The molecule has 0 atom stereocenters. The SMILES string of the molecule is CCN(CC)CCCCNC(=O)c1cc2ccc(OC)cc2s1. The fraction of sp³-hybridized carbons (Fsp3) is 0.500. The predicted molar refractivity (Wildman–Crippen MR) is 97.7 cm³/mol. The van der Waals surface area contributed by atoms with Crippen molar-refractivity contribution in [2.45, 2.75) is 26.7 Å². The highest BCUT2D eigenvalue weighted by molar-refractivity contribution is 7.20. The van der Waals surface area contributed by atoms with E-state index in [-0.39, 0.29) is 5.91 Å². The molecule has 0 aliphatic heterocycles. The molecular formula is C18H26N2O2S. The lowest BCUT2D eigenvalue weighted by Crippen LogP contribution is -2.26. The first-order chi connectivity index (χ1) is 11.2. The molecule has 5 heteroatoms. The number of carbonyl (C=O) groups excluding carboxylic acids is 1. The van der Waals surface area contributed by atoms with E-state index in [4.69, 9.17) is 4.74 Å². The lowest BCUT2D eigenvalue weighted by Gasteiger charge is -2.17. The molecule has 4 nitrogen and oxygen atoms in total. The Hall–Kier alpha value is -1.59. The van der Waals surface area contributed by atoms with Crippen LogP contribution >= 0.6 is 11.3 Å². The highest BCUT2D eigenvalue weighted by Crippen LogP contribution is 2.29. The summed E-state index contributed by atoms with van der Waals surface area (Å²) in [6, 6.07) is 7.83.